The number of aromatic hydroxyl groups is 1. The van der Waals surface area contributed by atoms with E-state index in [0.717, 1.165) is 21.6 Å². The molecule has 0 bridgehead atoms. The third-order valence-corrected chi connectivity index (χ3v) is 7.73. The van der Waals surface area contributed by atoms with E-state index in [2.05, 4.69) is 16.0 Å². The van der Waals surface area contributed by atoms with E-state index < -0.39 is 53.0 Å². The second kappa shape index (κ2) is 16.3. The highest BCUT2D eigenvalue weighted by Gasteiger charge is 2.33. The number of benzene rings is 3. The van der Waals surface area contributed by atoms with Crippen molar-refractivity contribution in [3.05, 3.63) is 100 Å². The summed E-state index contributed by atoms with van der Waals surface area (Å²) in [5.74, 6) is -1.53. The second-order valence-corrected chi connectivity index (χ2v) is 13.8. The number of hydrogen-bond acceptors (Lipinski definition) is 6. The van der Waals surface area contributed by atoms with E-state index in [4.69, 9.17) is 4.74 Å². The Hall–Kier alpha value is -5.13. The maximum absolute atomic E-state index is 13.7. The summed E-state index contributed by atoms with van der Waals surface area (Å²) >= 11 is 0. The Morgan fingerprint density at radius 2 is 1.45 bits per heavy atom. The van der Waals surface area contributed by atoms with Crippen molar-refractivity contribution in [2.75, 3.05) is 6.54 Å². The SMILES string of the molecule is Cc1cc(O)cc(C)c1C[C@H](NC(=O)OC(C)(C)C)C(=O)NC(C)(C)CNC(=O)[C@H](Cc1ccc(F)cc1)N(Cc1ccccc1)C(=O)O. The van der Waals surface area contributed by atoms with Crippen molar-refractivity contribution in [1.82, 2.24) is 20.9 Å². The average molecular weight is 679 g/mol. The summed E-state index contributed by atoms with van der Waals surface area (Å²) in [5, 5.41) is 28.5. The highest BCUT2D eigenvalue weighted by molar-refractivity contribution is 5.87. The van der Waals surface area contributed by atoms with Gasteiger partial charge in [-0.1, -0.05) is 42.5 Å². The molecular formula is C37H47FN4O7. The lowest BCUT2D eigenvalue weighted by molar-refractivity contribution is -0.128. The van der Waals surface area contributed by atoms with Crippen LogP contribution in [0.4, 0.5) is 14.0 Å². The average Bonchev–Trinajstić information content (AvgIpc) is 2.99. The molecule has 0 saturated heterocycles. The quantitative estimate of drug-likeness (QED) is 0.162. The molecular weight excluding hydrogens is 631 g/mol. The number of halogens is 1. The molecule has 3 rings (SSSR count). The number of rotatable bonds is 13. The molecule has 0 radical (unpaired) electrons. The first-order valence-electron chi connectivity index (χ1n) is 16.0. The minimum Gasteiger partial charge on any atom is -0.508 e. The number of phenols is 1. The number of carbonyl (C=O) groups excluding carboxylic acids is 3. The number of nitrogens with one attached hydrogen (secondary N) is 3. The van der Waals surface area contributed by atoms with Gasteiger partial charge in [-0.25, -0.2) is 14.0 Å². The van der Waals surface area contributed by atoms with Gasteiger partial charge in [-0.2, -0.15) is 0 Å². The molecule has 0 aliphatic rings. The highest BCUT2D eigenvalue weighted by atomic mass is 19.1. The number of nitrogens with zero attached hydrogens (tertiary/aromatic N) is 1. The number of ether oxygens (including phenoxy) is 1. The van der Waals surface area contributed by atoms with Crippen molar-refractivity contribution in [2.45, 2.75) is 91.1 Å². The highest BCUT2D eigenvalue weighted by Crippen LogP contribution is 2.23. The van der Waals surface area contributed by atoms with Gasteiger partial charge in [0.05, 0.1) is 5.54 Å². The molecule has 0 heterocycles. The zero-order chi connectivity index (χ0) is 36.5. The van der Waals surface area contributed by atoms with Crippen LogP contribution in [0.5, 0.6) is 5.75 Å². The van der Waals surface area contributed by atoms with Crippen molar-refractivity contribution < 1.29 is 38.5 Å². The Labute approximate surface area is 286 Å². The van der Waals surface area contributed by atoms with Crippen LogP contribution >= 0.6 is 0 Å². The maximum atomic E-state index is 13.7. The third-order valence-electron chi connectivity index (χ3n) is 7.73. The van der Waals surface area contributed by atoms with Crippen molar-refractivity contribution in [1.29, 1.82) is 0 Å². The standard InChI is InChI=1S/C37H47FN4O7/c1-23-17-28(43)18-24(2)29(23)20-30(40-34(46)49-36(3,4)5)32(44)41-37(6,7)22-39-33(45)31(19-25-13-15-27(38)16-14-25)42(35(47)48)21-26-11-9-8-10-12-26/h8-18,30-31,43H,19-22H2,1-7H3,(H,39,45)(H,40,46)(H,41,44)(H,47,48)/t30-,31-/m0/s1. The van der Waals surface area contributed by atoms with E-state index in [1.54, 1.807) is 90.9 Å². The molecule has 3 aromatic carbocycles. The zero-order valence-electron chi connectivity index (χ0n) is 29.1. The Kier molecular flexibility index (Phi) is 12.8. The molecule has 3 aromatic rings. The molecule has 0 unspecified atom stereocenters. The van der Waals surface area contributed by atoms with Gasteiger partial charge in [-0.15, -0.1) is 0 Å². The monoisotopic (exact) mass is 678 g/mol. The molecule has 2 atom stereocenters. The fraction of sp³-hybridized carbons (Fsp3) is 0.405. The van der Waals surface area contributed by atoms with Gasteiger partial charge in [0.2, 0.25) is 11.8 Å². The molecule has 0 saturated carbocycles. The summed E-state index contributed by atoms with van der Waals surface area (Å²) in [7, 11) is 0. The van der Waals surface area contributed by atoms with Gasteiger partial charge < -0.3 is 30.9 Å². The minimum absolute atomic E-state index is 0.0226. The lowest BCUT2D eigenvalue weighted by Crippen LogP contribution is -2.59. The van der Waals surface area contributed by atoms with Crippen LogP contribution in [0.1, 0.15) is 62.4 Å². The summed E-state index contributed by atoms with van der Waals surface area (Å²) in [6.07, 6.45) is -2.03. The number of phenolic OH excluding ortho intramolecular Hbond substituents is 1. The van der Waals surface area contributed by atoms with Gasteiger partial charge in [0.25, 0.3) is 0 Å². The third kappa shape index (κ3) is 12.1. The van der Waals surface area contributed by atoms with Gasteiger partial charge in [-0.3, -0.25) is 14.5 Å². The molecule has 0 fully saturated rings. The number of aryl methyl sites for hydroxylation is 2. The normalized spacial score (nSPS) is 12.7. The summed E-state index contributed by atoms with van der Waals surface area (Å²) < 4.78 is 19.0. The van der Waals surface area contributed by atoms with E-state index in [0.29, 0.717) is 11.1 Å². The molecule has 5 N–H and O–H groups in total. The van der Waals surface area contributed by atoms with Gasteiger partial charge in [0.1, 0.15) is 29.3 Å². The second-order valence-electron chi connectivity index (χ2n) is 13.8. The van der Waals surface area contributed by atoms with Crippen LogP contribution < -0.4 is 16.0 Å². The molecule has 12 heteroatoms. The van der Waals surface area contributed by atoms with Gasteiger partial charge >= 0.3 is 12.2 Å². The van der Waals surface area contributed by atoms with Crippen LogP contribution in [-0.2, 0) is 33.7 Å². The molecule has 264 valence electrons. The Balaban J connectivity index is 1.82. The number of amides is 4. The lowest BCUT2D eigenvalue weighted by Gasteiger charge is -2.32. The summed E-state index contributed by atoms with van der Waals surface area (Å²) in [4.78, 5) is 53.8. The van der Waals surface area contributed by atoms with Crippen LogP contribution in [0, 0.1) is 19.7 Å². The maximum Gasteiger partial charge on any atom is 0.408 e. The Bertz CT molecular complexity index is 1600. The molecule has 49 heavy (non-hydrogen) atoms. The molecule has 0 aliphatic heterocycles. The summed E-state index contributed by atoms with van der Waals surface area (Å²) in [6, 6.07) is 15.2. The Morgan fingerprint density at radius 3 is 2.00 bits per heavy atom. The molecule has 0 spiro atoms. The van der Waals surface area contributed by atoms with Crippen LogP contribution in [-0.4, -0.2) is 68.9 Å². The summed E-state index contributed by atoms with van der Waals surface area (Å²) in [5.41, 5.74) is 1.59. The van der Waals surface area contributed by atoms with Gasteiger partial charge in [-0.05, 0) is 101 Å². The van der Waals surface area contributed by atoms with Crippen molar-refractivity contribution in [3.63, 3.8) is 0 Å². The van der Waals surface area contributed by atoms with Crippen molar-refractivity contribution in [3.8, 4) is 5.75 Å². The summed E-state index contributed by atoms with van der Waals surface area (Å²) in [6.45, 7) is 11.9. The van der Waals surface area contributed by atoms with E-state index >= 15 is 0 Å². The number of hydrogen-bond donors (Lipinski definition) is 5. The van der Waals surface area contributed by atoms with E-state index in [1.807, 2.05) is 0 Å². The van der Waals surface area contributed by atoms with E-state index in [-0.39, 0.29) is 31.7 Å². The predicted octanol–water partition coefficient (Wildman–Crippen LogP) is 5.39. The smallest absolute Gasteiger partial charge is 0.408 e. The van der Waals surface area contributed by atoms with E-state index in [1.165, 1.54) is 24.3 Å². The van der Waals surface area contributed by atoms with E-state index in [9.17, 15) is 33.8 Å². The number of alkyl carbamates (subject to hydrolysis) is 1. The van der Waals surface area contributed by atoms with Gasteiger partial charge in [0.15, 0.2) is 0 Å². The van der Waals surface area contributed by atoms with Crippen LogP contribution in [0.25, 0.3) is 0 Å². The first-order valence-corrected chi connectivity index (χ1v) is 16.0. The van der Waals surface area contributed by atoms with Crippen molar-refractivity contribution in [2.24, 2.45) is 0 Å². The van der Waals surface area contributed by atoms with Crippen molar-refractivity contribution >= 4 is 24.0 Å². The lowest BCUT2D eigenvalue weighted by atomic mass is 9.95. The molecule has 11 nitrogen and oxygen atoms in total. The van der Waals surface area contributed by atoms with Crippen LogP contribution in [0.15, 0.2) is 66.7 Å². The number of carboxylic acid groups (broad SMARTS) is 1. The first-order chi connectivity index (χ1) is 22.8. The van der Waals surface area contributed by atoms with Gasteiger partial charge in [0, 0.05) is 25.9 Å². The topological polar surface area (TPSA) is 157 Å². The zero-order valence-corrected chi connectivity index (χ0v) is 29.1. The van der Waals surface area contributed by atoms with Crippen LogP contribution in [0.3, 0.4) is 0 Å². The fourth-order valence-electron chi connectivity index (χ4n) is 5.33. The first kappa shape index (κ1) is 38.3. The molecule has 0 aliphatic carbocycles. The fourth-order valence-corrected chi connectivity index (χ4v) is 5.33. The predicted molar refractivity (Wildman–Crippen MR) is 184 cm³/mol. The largest absolute Gasteiger partial charge is 0.508 e. The Morgan fingerprint density at radius 1 is 0.857 bits per heavy atom. The molecule has 0 aromatic heterocycles. The number of carbonyl (C=O) groups is 4. The molecule has 4 amide bonds. The van der Waals surface area contributed by atoms with Crippen LogP contribution in [0.2, 0.25) is 0 Å². The minimum atomic E-state index is -1.31.